The molecule has 1 amide bonds. The first kappa shape index (κ1) is 18.4. The minimum absolute atomic E-state index is 0.125. The van der Waals surface area contributed by atoms with Gasteiger partial charge in [0.25, 0.3) is 5.56 Å². The molecule has 0 saturated carbocycles. The minimum atomic E-state index is -0.668. The number of likely N-dealkylation sites (N-methyl/N-ethyl adjacent to an activating group) is 1. The third-order valence-corrected chi connectivity index (χ3v) is 6.24. The molecule has 3 aromatic carbocycles. The number of nitrogens with zero attached hydrogens (tertiary/aromatic N) is 1. The fraction of sp³-hybridized carbons (Fsp3) is 0.0800. The zero-order chi connectivity index (χ0) is 22.0. The molecule has 0 unspecified atom stereocenters. The fourth-order valence-corrected chi connectivity index (χ4v) is 4.78. The molecule has 32 heavy (non-hydrogen) atoms. The molecular weight excluding hydrogens is 404 g/mol. The summed E-state index contributed by atoms with van der Waals surface area (Å²) in [6.07, 6.45) is 0. The van der Waals surface area contributed by atoms with E-state index in [1.54, 1.807) is 11.9 Å². The van der Waals surface area contributed by atoms with Crippen molar-refractivity contribution >= 4 is 33.4 Å². The molecule has 0 spiro atoms. The molecule has 7 heteroatoms. The van der Waals surface area contributed by atoms with Gasteiger partial charge in [0.1, 0.15) is 5.65 Å². The Bertz CT molecular complexity index is 1670. The Morgan fingerprint density at radius 1 is 0.812 bits per heavy atom. The molecule has 6 rings (SSSR count). The van der Waals surface area contributed by atoms with Gasteiger partial charge in [-0.25, -0.2) is 4.79 Å². The Hall–Kier alpha value is -4.39. The van der Waals surface area contributed by atoms with Crippen LogP contribution in [-0.4, -0.2) is 27.9 Å². The number of aromatic nitrogens is 3. The number of para-hydroxylation sites is 1. The molecule has 0 aliphatic carbocycles. The molecule has 5 aromatic rings. The van der Waals surface area contributed by atoms with E-state index in [9.17, 15) is 14.4 Å². The molecule has 1 atom stereocenters. The lowest BCUT2D eigenvalue weighted by Gasteiger charge is -2.13. The zero-order valence-electron chi connectivity index (χ0n) is 17.1. The van der Waals surface area contributed by atoms with Crippen LogP contribution in [0.1, 0.15) is 17.0 Å². The average Bonchev–Trinajstić information content (AvgIpc) is 3.29. The highest BCUT2D eigenvalue weighted by molar-refractivity contribution is 6.10. The first-order valence-electron chi connectivity index (χ1n) is 10.3. The highest BCUT2D eigenvalue weighted by Crippen LogP contribution is 2.45. The van der Waals surface area contributed by atoms with Crippen molar-refractivity contribution in [1.82, 2.24) is 15.0 Å². The number of hydrogen-bond donors (Lipinski definition) is 3. The van der Waals surface area contributed by atoms with Gasteiger partial charge in [-0.05, 0) is 34.0 Å². The van der Waals surface area contributed by atoms with Crippen LogP contribution in [0.25, 0.3) is 33.1 Å². The number of aromatic amines is 3. The number of anilines is 1. The van der Waals surface area contributed by atoms with Crippen molar-refractivity contribution in [3.63, 3.8) is 0 Å². The molecule has 0 radical (unpaired) electrons. The number of amides is 1. The number of benzene rings is 3. The van der Waals surface area contributed by atoms with E-state index in [2.05, 4.69) is 15.0 Å². The summed E-state index contributed by atoms with van der Waals surface area (Å²) in [5.74, 6) is -0.793. The standard InChI is InChI=1S/C25H18N4O3/c1-29-17-9-5-4-8-16(17)18(24(29)31)19-20-22(27-25(32)28-23(20)30)26-21(19)15-11-10-13-6-2-3-7-14(13)12-15/h2-12,18H,1H3,(H3,26,27,28,30,32)/t18-/m0/s1. The van der Waals surface area contributed by atoms with E-state index in [1.165, 1.54) is 0 Å². The third-order valence-electron chi connectivity index (χ3n) is 6.24. The largest absolute Gasteiger partial charge is 0.340 e. The Morgan fingerprint density at radius 3 is 2.41 bits per heavy atom. The van der Waals surface area contributed by atoms with Gasteiger partial charge in [0, 0.05) is 18.3 Å². The second-order valence-electron chi connectivity index (χ2n) is 8.02. The van der Waals surface area contributed by atoms with Gasteiger partial charge in [-0.15, -0.1) is 0 Å². The molecule has 0 saturated heterocycles. The summed E-state index contributed by atoms with van der Waals surface area (Å²) in [7, 11) is 1.73. The van der Waals surface area contributed by atoms with Crippen molar-refractivity contribution in [2.75, 3.05) is 11.9 Å². The molecule has 2 aromatic heterocycles. The van der Waals surface area contributed by atoms with Gasteiger partial charge < -0.3 is 9.88 Å². The van der Waals surface area contributed by atoms with Crippen LogP contribution in [0.4, 0.5) is 5.69 Å². The summed E-state index contributed by atoms with van der Waals surface area (Å²) in [4.78, 5) is 48.1. The topological polar surface area (TPSA) is 102 Å². The average molecular weight is 422 g/mol. The van der Waals surface area contributed by atoms with E-state index in [0.717, 1.165) is 27.6 Å². The molecule has 156 valence electrons. The first-order chi connectivity index (χ1) is 15.5. The molecular formula is C25H18N4O3. The maximum absolute atomic E-state index is 13.4. The van der Waals surface area contributed by atoms with Crippen molar-refractivity contribution in [3.8, 4) is 11.3 Å². The van der Waals surface area contributed by atoms with Crippen LogP contribution in [0.5, 0.6) is 0 Å². The lowest BCUT2D eigenvalue weighted by atomic mass is 9.88. The number of fused-ring (bicyclic) bond motifs is 3. The quantitative estimate of drug-likeness (QED) is 0.406. The summed E-state index contributed by atoms with van der Waals surface area (Å²) >= 11 is 0. The van der Waals surface area contributed by atoms with Crippen LogP contribution < -0.4 is 16.1 Å². The number of rotatable bonds is 2. The third kappa shape index (κ3) is 2.51. The Balaban J connectivity index is 1.71. The second kappa shape index (κ2) is 6.55. The fourth-order valence-electron chi connectivity index (χ4n) is 4.78. The van der Waals surface area contributed by atoms with E-state index < -0.39 is 17.2 Å². The van der Waals surface area contributed by atoms with Gasteiger partial charge in [0.15, 0.2) is 0 Å². The van der Waals surface area contributed by atoms with Gasteiger partial charge in [-0.3, -0.25) is 19.6 Å². The van der Waals surface area contributed by atoms with E-state index in [4.69, 9.17) is 0 Å². The predicted molar refractivity (Wildman–Crippen MR) is 124 cm³/mol. The van der Waals surface area contributed by atoms with Gasteiger partial charge in [-0.1, -0.05) is 54.6 Å². The number of H-pyrrole nitrogens is 3. The lowest BCUT2D eigenvalue weighted by Crippen LogP contribution is -2.26. The van der Waals surface area contributed by atoms with Crippen molar-refractivity contribution < 1.29 is 4.79 Å². The first-order valence-corrected chi connectivity index (χ1v) is 10.3. The molecule has 0 fully saturated rings. The van der Waals surface area contributed by atoms with Crippen molar-refractivity contribution in [2.45, 2.75) is 5.92 Å². The van der Waals surface area contributed by atoms with E-state index in [-0.39, 0.29) is 11.3 Å². The molecule has 0 bridgehead atoms. The van der Waals surface area contributed by atoms with Crippen LogP contribution in [0.3, 0.4) is 0 Å². The van der Waals surface area contributed by atoms with Crippen LogP contribution in [0.15, 0.2) is 76.3 Å². The monoisotopic (exact) mass is 422 g/mol. The van der Waals surface area contributed by atoms with E-state index in [0.29, 0.717) is 16.9 Å². The molecule has 1 aliphatic heterocycles. The molecule has 3 N–H and O–H groups in total. The van der Waals surface area contributed by atoms with Crippen LogP contribution in [0, 0.1) is 0 Å². The SMILES string of the molecule is CN1C(=O)[C@H](c2c(-c3ccc4ccccc4c3)[nH]c3[nH]c(=O)[nH]c(=O)c23)c2ccccc21. The van der Waals surface area contributed by atoms with Gasteiger partial charge in [0.05, 0.1) is 17.0 Å². The summed E-state index contributed by atoms with van der Waals surface area (Å²) in [6.45, 7) is 0. The Kier molecular flexibility index (Phi) is 3.76. The maximum atomic E-state index is 13.4. The molecule has 1 aliphatic rings. The normalized spacial score (nSPS) is 15.6. The number of hydrogen-bond acceptors (Lipinski definition) is 3. The van der Waals surface area contributed by atoms with Gasteiger partial charge in [0.2, 0.25) is 5.91 Å². The maximum Gasteiger partial charge on any atom is 0.327 e. The smallest absolute Gasteiger partial charge is 0.327 e. The number of carbonyl (C=O) groups excluding carboxylic acids is 1. The lowest BCUT2D eigenvalue weighted by molar-refractivity contribution is -0.118. The van der Waals surface area contributed by atoms with Gasteiger partial charge >= 0.3 is 5.69 Å². The van der Waals surface area contributed by atoms with Crippen LogP contribution >= 0.6 is 0 Å². The van der Waals surface area contributed by atoms with E-state index in [1.807, 2.05) is 66.7 Å². The second-order valence-corrected chi connectivity index (χ2v) is 8.02. The minimum Gasteiger partial charge on any atom is -0.340 e. The van der Waals surface area contributed by atoms with Crippen LogP contribution in [0.2, 0.25) is 0 Å². The summed E-state index contributed by atoms with van der Waals surface area (Å²) in [6, 6.07) is 21.5. The van der Waals surface area contributed by atoms with Crippen LogP contribution in [-0.2, 0) is 4.79 Å². The van der Waals surface area contributed by atoms with Crippen molar-refractivity contribution in [3.05, 3.63) is 98.7 Å². The Labute approximate surface area is 181 Å². The highest BCUT2D eigenvalue weighted by atomic mass is 16.2. The summed E-state index contributed by atoms with van der Waals surface area (Å²) < 4.78 is 0. The van der Waals surface area contributed by atoms with Crippen molar-refractivity contribution in [2.24, 2.45) is 0 Å². The summed E-state index contributed by atoms with van der Waals surface area (Å²) in [5, 5.41) is 2.41. The highest BCUT2D eigenvalue weighted by Gasteiger charge is 2.40. The predicted octanol–water partition coefficient (Wildman–Crippen LogP) is 3.47. The number of carbonyl (C=O) groups is 1. The van der Waals surface area contributed by atoms with Crippen molar-refractivity contribution in [1.29, 1.82) is 0 Å². The van der Waals surface area contributed by atoms with Gasteiger partial charge in [-0.2, -0.15) is 0 Å². The zero-order valence-corrected chi connectivity index (χ0v) is 17.1. The molecule has 7 nitrogen and oxygen atoms in total. The molecule has 3 heterocycles. The number of nitrogens with one attached hydrogen (secondary N) is 3. The Morgan fingerprint density at radius 2 is 1.56 bits per heavy atom. The summed E-state index contributed by atoms with van der Waals surface area (Å²) in [5.41, 5.74) is 2.84. The van der Waals surface area contributed by atoms with E-state index >= 15 is 0 Å².